The molecule has 0 aromatic carbocycles. The highest BCUT2D eigenvalue weighted by molar-refractivity contribution is 5.85. The molecule has 0 heterocycles. The second-order valence-electron chi connectivity index (χ2n) is 10.8. The first-order valence-corrected chi connectivity index (χ1v) is 14.0. The normalized spacial score (nSPS) is 19.6. The van der Waals surface area contributed by atoms with Crippen LogP contribution in [-0.4, -0.2) is 51.6 Å². The third-order valence-corrected chi connectivity index (χ3v) is 6.98. The standard InChI is InChI=1S/C33H54O5/c1-9-30(15-16-31(36)26(5)14-11-18-34)22-24(3)13-10-12-23(2)20-27(6)32(37)29(8)33(38)28(7)21-25(4)17-19-35/h10-12,14-17,20,22,24,26-29,31,33-36,38H,9,13,18-19,21H2,1-8H3/b12-10+,14-11-,16-15+,23-20+,25-17+,30-22-/t24-,26+,27-,28+,29-,31+,33-/m1/s1. The van der Waals surface area contributed by atoms with Crippen LogP contribution < -0.4 is 0 Å². The SMILES string of the molecule is CCC(=C/[C@H](C)C/C=C/C(C)=C/[C@@H](C)C(=O)[C@@H](C)[C@H](O)[C@@H](C)C/C(C)=C/CO)/C=C/[C@H](O)[C@@H](C)/C=C\CO. The molecule has 0 radical (unpaired) electrons. The third kappa shape index (κ3) is 14.8. The fourth-order valence-electron chi connectivity index (χ4n) is 4.46. The van der Waals surface area contributed by atoms with E-state index in [0.29, 0.717) is 12.3 Å². The smallest absolute Gasteiger partial charge is 0.144 e. The van der Waals surface area contributed by atoms with Gasteiger partial charge in [-0.3, -0.25) is 4.79 Å². The van der Waals surface area contributed by atoms with E-state index < -0.39 is 18.1 Å². The second-order valence-corrected chi connectivity index (χ2v) is 10.8. The van der Waals surface area contributed by atoms with E-state index in [4.69, 9.17) is 10.2 Å². The van der Waals surface area contributed by atoms with Gasteiger partial charge in [-0.15, -0.1) is 0 Å². The molecule has 0 aromatic rings. The van der Waals surface area contributed by atoms with Crippen molar-refractivity contribution in [2.24, 2.45) is 29.6 Å². The molecule has 0 fully saturated rings. The summed E-state index contributed by atoms with van der Waals surface area (Å²) in [5.41, 5.74) is 3.19. The molecule has 0 saturated heterocycles. The maximum atomic E-state index is 12.9. The summed E-state index contributed by atoms with van der Waals surface area (Å²) in [6.07, 6.45) is 18.4. The lowest BCUT2D eigenvalue weighted by molar-refractivity contribution is -0.129. The number of carbonyl (C=O) groups excluding carboxylic acids is 1. The average molecular weight is 531 g/mol. The third-order valence-electron chi connectivity index (χ3n) is 6.98. The number of carbonyl (C=O) groups is 1. The second kappa shape index (κ2) is 19.9. The van der Waals surface area contributed by atoms with Crippen LogP contribution in [-0.2, 0) is 4.79 Å². The fourth-order valence-corrected chi connectivity index (χ4v) is 4.46. The summed E-state index contributed by atoms with van der Waals surface area (Å²) < 4.78 is 0. The molecule has 0 saturated carbocycles. The number of allylic oxidation sites excluding steroid dienone is 8. The monoisotopic (exact) mass is 530 g/mol. The Bertz CT molecular complexity index is 861. The molecule has 0 aromatic heterocycles. The van der Waals surface area contributed by atoms with Gasteiger partial charge in [-0.2, -0.15) is 0 Å². The molecule has 0 unspecified atom stereocenters. The van der Waals surface area contributed by atoms with Crippen LogP contribution in [0.4, 0.5) is 0 Å². The lowest BCUT2D eigenvalue weighted by atomic mass is 9.83. The van der Waals surface area contributed by atoms with Crippen LogP contribution >= 0.6 is 0 Å². The minimum absolute atomic E-state index is 0.0160. The molecule has 0 aliphatic rings. The van der Waals surface area contributed by atoms with Gasteiger partial charge in [0.15, 0.2) is 0 Å². The lowest BCUT2D eigenvalue weighted by Crippen LogP contribution is -2.34. The molecule has 0 amide bonds. The molecule has 0 rings (SSSR count). The Morgan fingerprint density at radius 1 is 0.868 bits per heavy atom. The van der Waals surface area contributed by atoms with Crippen LogP contribution in [0.5, 0.6) is 0 Å². The molecule has 7 atom stereocenters. The molecular formula is C33H54O5. The van der Waals surface area contributed by atoms with E-state index in [9.17, 15) is 15.0 Å². The molecule has 0 spiro atoms. The zero-order chi connectivity index (χ0) is 29.3. The van der Waals surface area contributed by atoms with Crippen molar-refractivity contribution in [1.29, 1.82) is 0 Å². The molecule has 38 heavy (non-hydrogen) atoms. The van der Waals surface area contributed by atoms with Gasteiger partial charge in [0.25, 0.3) is 0 Å². The quantitative estimate of drug-likeness (QED) is 0.126. The largest absolute Gasteiger partial charge is 0.392 e. The van der Waals surface area contributed by atoms with E-state index in [-0.39, 0.29) is 36.8 Å². The van der Waals surface area contributed by atoms with Crippen LogP contribution in [0.25, 0.3) is 0 Å². The van der Waals surface area contributed by atoms with Gasteiger partial charge in [-0.25, -0.2) is 0 Å². The van der Waals surface area contributed by atoms with E-state index in [2.05, 4.69) is 26.0 Å². The lowest BCUT2D eigenvalue weighted by Gasteiger charge is -2.25. The number of hydrogen-bond acceptors (Lipinski definition) is 5. The van der Waals surface area contributed by atoms with E-state index >= 15 is 0 Å². The number of Topliss-reactive ketones (excluding diaryl/α,β-unsaturated/α-hetero) is 1. The average Bonchev–Trinajstić information content (AvgIpc) is 2.87. The zero-order valence-electron chi connectivity index (χ0n) is 25.0. The van der Waals surface area contributed by atoms with Crippen LogP contribution in [0.3, 0.4) is 0 Å². The highest BCUT2D eigenvalue weighted by Gasteiger charge is 2.29. The van der Waals surface area contributed by atoms with Crippen molar-refractivity contribution in [2.45, 2.75) is 86.9 Å². The predicted octanol–water partition coefficient (Wildman–Crippen LogP) is 6.12. The minimum atomic E-state index is -0.730. The van der Waals surface area contributed by atoms with Crippen molar-refractivity contribution in [3.05, 3.63) is 71.4 Å². The van der Waals surface area contributed by atoms with Crippen LogP contribution in [0.2, 0.25) is 0 Å². The molecule has 4 N–H and O–H groups in total. The van der Waals surface area contributed by atoms with Crippen molar-refractivity contribution >= 4 is 5.78 Å². The van der Waals surface area contributed by atoms with Crippen LogP contribution in [0, 0.1) is 29.6 Å². The summed E-state index contributed by atoms with van der Waals surface area (Å²) in [6.45, 7) is 15.6. The summed E-state index contributed by atoms with van der Waals surface area (Å²) in [7, 11) is 0. The Hall–Kier alpha value is -2.05. The summed E-state index contributed by atoms with van der Waals surface area (Å²) in [4.78, 5) is 12.9. The van der Waals surface area contributed by atoms with Gasteiger partial charge in [0.1, 0.15) is 5.78 Å². The Balaban J connectivity index is 5.02. The topological polar surface area (TPSA) is 98.0 Å². The van der Waals surface area contributed by atoms with Crippen molar-refractivity contribution in [3.8, 4) is 0 Å². The Morgan fingerprint density at radius 2 is 1.53 bits per heavy atom. The number of aliphatic hydroxyl groups excluding tert-OH is 4. The molecule has 0 aliphatic heterocycles. The van der Waals surface area contributed by atoms with Gasteiger partial charge in [0, 0.05) is 17.8 Å². The number of hydrogen-bond donors (Lipinski definition) is 4. The Kier molecular flexibility index (Phi) is 18.9. The first-order valence-electron chi connectivity index (χ1n) is 14.0. The first-order chi connectivity index (χ1) is 17.9. The highest BCUT2D eigenvalue weighted by atomic mass is 16.3. The Morgan fingerprint density at radius 3 is 2.11 bits per heavy atom. The maximum absolute atomic E-state index is 12.9. The first kappa shape index (κ1) is 35.9. The summed E-state index contributed by atoms with van der Waals surface area (Å²) in [5.74, 6) is -0.537. The van der Waals surface area contributed by atoms with E-state index in [0.717, 1.165) is 24.0 Å². The summed E-state index contributed by atoms with van der Waals surface area (Å²) in [6, 6.07) is 0. The molecule has 5 heteroatoms. The molecule has 0 bridgehead atoms. The number of aliphatic hydroxyl groups is 4. The van der Waals surface area contributed by atoms with Crippen LogP contribution in [0.15, 0.2) is 71.4 Å². The van der Waals surface area contributed by atoms with Crippen LogP contribution in [0.1, 0.15) is 74.7 Å². The number of ketones is 1. The molecule has 0 aliphatic carbocycles. The van der Waals surface area contributed by atoms with Gasteiger partial charge >= 0.3 is 0 Å². The summed E-state index contributed by atoms with van der Waals surface area (Å²) in [5, 5.41) is 38.9. The van der Waals surface area contributed by atoms with Crippen molar-refractivity contribution < 1.29 is 25.2 Å². The van der Waals surface area contributed by atoms with Crippen molar-refractivity contribution in [1.82, 2.24) is 0 Å². The van der Waals surface area contributed by atoms with E-state index in [1.165, 1.54) is 5.57 Å². The summed E-state index contributed by atoms with van der Waals surface area (Å²) >= 11 is 0. The molecule has 216 valence electrons. The van der Waals surface area contributed by atoms with Crippen molar-refractivity contribution in [3.63, 3.8) is 0 Å². The number of rotatable bonds is 18. The van der Waals surface area contributed by atoms with Gasteiger partial charge in [0.05, 0.1) is 25.4 Å². The van der Waals surface area contributed by atoms with Crippen molar-refractivity contribution in [2.75, 3.05) is 13.2 Å². The van der Waals surface area contributed by atoms with E-state index in [1.807, 2.05) is 58.9 Å². The van der Waals surface area contributed by atoms with Gasteiger partial charge in [-0.1, -0.05) is 113 Å². The van der Waals surface area contributed by atoms with Gasteiger partial charge in [0.2, 0.25) is 0 Å². The zero-order valence-corrected chi connectivity index (χ0v) is 25.0. The van der Waals surface area contributed by atoms with E-state index in [1.54, 1.807) is 25.2 Å². The van der Waals surface area contributed by atoms with Gasteiger partial charge in [-0.05, 0) is 44.9 Å². The maximum Gasteiger partial charge on any atom is 0.144 e. The molecular weight excluding hydrogens is 476 g/mol. The van der Waals surface area contributed by atoms with Gasteiger partial charge < -0.3 is 20.4 Å². The fraction of sp³-hybridized carbons (Fsp3) is 0.606. The minimum Gasteiger partial charge on any atom is -0.392 e. The molecule has 5 nitrogen and oxygen atoms in total. The highest BCUT2D eigenvalue weighted by Crippen LogP contribution is 2.24. The predicted molar refractivity (Wildman–Crippen MR) is 160 cm³/mol. The Labute approximate surface area is 232 Å².